The van der Waals surface area contributed by atoms with Gasteiger partial charge in [0.05, 0.1) is 31.9 Å². The Morgan fingerprint density at radius 3 is 2.54 bits per heavy atom. The van der Waals surface area contributed by atoms with E-state index in [1.54, 1.807) is 19.9 Å². The summed E-state index contributed by atoms with van der Waals surface area (Å²) in [5, 5.41) is 11.4. The molecule has 2 aliphatic rings. The molecule has 1 aromatic carbocycles. The van der Waals surface area contributed by atoms with E-state index in [-0.39, 0.29) is 28.9 Å². The molecule has 2 saturated heterocycles. The molecule has 1 aromatic heterocycles. The van der Waals surface area contributed by atoms with Crippen LogP contribution in [0.3, 0.4) is 0 Å². The third-order valence-electron chi connectivity index (χ3n) is 6.56. The summed E-state index contributed by atoms with van der Waals surface area (Å²) in [5.74, 6) is -3.42. The lowest BCUT2D eigenvalue weighted by atomic mass is 9.93. The topological polar surface area (TPSA) is 112 Å². The molecule has 4 rings (SSSR count). The highest BCUT2D eigenvalue weighted by atomic mass is 19.1. The Morgan fingerprint density at radius 1 is 1.20 bits per heavy atom. The van der Waals surface area contributed by atoms with E-state index in [1.165, 1.54) is 30.2 Å². The highest BCUT2D eigenvalue weighted by Crippen LogP contribution is 2.41. The number of Topliss-reactive ketones (excluding diaryl/α,β-unsaturated/α-hetero) is 1. The Balaban J connectivity index is 1.82. The Morgan fingerprint density at radius 2 is 1.89 bits per heavy atom. The van der Waals surface area contributed by atoms with Crippen LogP contribution in [0.4, 0.5) is 4.39 Å². The van der Waals surface area contributed by atoms with E-state index >= 15 is 0 Å². The normalized spacial score (nSPS) is 20.5. The second kappa shape index (κ2) is 10.0. The minimum absolute atomic E-state index is 0.106. The average molecular weight is 486 g/mol. The van der Waals surface area contributed by atoms with Crippen molar-refractivity contribution >= 4 is 23.4 Å². The van der Waals surface area contributed by atoms with E-state index in [4.69, 9.17) is 9.47 Å². The molecule has 0 aliphatic carbocycles. The number of H-pyrrole nitrogens is 1. The zero-order valence-electron chi connectivity index (χ0n) is 19.9. The fraction of sp³-hybridized carbons (Fsp3) is 0.400. The molecule has 35 heavy (non-hydrogen) atoms. The Bertz CT molecular complexity index is 1200. The van der Waals surface area contributed by atoms with E-state index in [9.17, 15) is 23.9 Å². The number of esters is 1. The monoisotopic (exact) mass is 485 g/mol. The maximum Gasteiger partial charge on any atom is 0.354 e. The number of halogens is 1. The van der Waals surface area contributed by atoms with Gasteiger partial charge >= 0.3 is 5.97 Å². The molecule has 10 heteroatoms. The summed E-state index contributed by atoms with van der Waals surface area (Å²) in [4.78, 5) is 44.8. The van der Waals surface area contributed by atoms with Gasteiger partial charge in [0.15, 0.2) is 0 Å². The molecule has 0 saturated carbocycles. The molecule has 2 aromatic rings. The van der Waals surface area contributed by atoms with Gasteiger partial charge in [0.2, 0.25) is 0 Å². The molecule has 9 nitrogen and oxygen atoms in total. The number of aliphatic hydroxyl groups is 1. The molecule has 186 valence electrons. The first-order valence-corrected chi connectivity index (χ1v) is 11.4. The molecule has 3 heterocycles. The van der Waals surface area contributed by atoms with Crippen LogP contribution in [0.1, 0.15) is 38.9 Å². The fourth-order valence-corrected chi connectivity index (χ4v) is 4.75. The summed E-state index contributed by atoms with van der Waals surface area (Å²) in [7, 11) is 1.23. The van der Waals surface area contributed by atoms with Gasteiger partial charge in [-0.05, 0) is 25.5 Å². The van der Waals surface area contributed by atoms with Crippen molar-refractivity contribution in [3.05, 3.63) is 63.7 Å². The van der Waals surface area contributed by atoms with Crippen LogP contribution >= 0.6 is 0 Å². The first-order valence-electron chi connectivity index (χ1n) is 11.4. The van der Waals surface area contributed by atoms with Crippen LogP contribution in [0.5, 0.6) is 0 Å². The number of aliphatic hydroxyl groups excluding tert-OH is 1. The van der Waals surface area contributed by atoms with Crippen molar-refractivity contribution in [1.82, 2.24) is 14.8 Å². The van der Waals surface area contributed by atoms with Gasteiger partial charge in [-0.1, -0.05) is 18.2 Å². The van der Waals surface area contributed by atoms with E-state index in [0.29, 0.717) is 44.1 Å². The number of nitrogens with one attached hydrogen (secondary N) is 1. The van der Waals surface area contributed by atoms with Gasteiger partial charge < -0.3 is 24.5 Å². The Hall–Kier alpha value is -3.50. The lowest BCUT2D eigenvalue weighted by Crippen LogP contribution is -2.42. The Kier molecular flexibility index (Phi) is 7.04. The zero-order valence-corrected chi connectivity index (χ0v) is 19.9. The number of hydrogen-bond donors (Lipinski definition) is 2. The highest BCUT2D eigenvalue weighted by molar-refractivity contribution is 6.46. The number of aromatic amines is 1. The number of methoxy groups -OCH3 is 1. The number of ether oxygens (including phenoxy) is 2. The number of morpholine rings is 1. The number of hydrogen-bond acceptors (Lipinski definition) is 7. The van der Waals surface area contributed by atoms with Gasteiger partial charge in [-0.15, -0.1) is 0 Å². The zero-order chi connectivity index (χ0) is 25.3. The summed E-state index contributed by atoms with van der Waals surface area (Å²) < 4.78 is 25.1. The fourth-order valence-electron chi connectivity index (χ4n) is 4.75. The quantitative estimate of drug-likeness (QED) is 0.280. The predicted octanol–water partition coefficient (Wildman–Crippen LogP) is 2.31. The number of likely N-dealkylation sites (tertiary alicyclic amines) is 1. The molecule has 0 spiro atoms. The maximum atomic E-state index is 15.0. The second-order valence-electron chi connectivity index (χ2n) is 8.58. The lowest BCUT2D eigenvalue weighted by Gasteiger charge is -2.31. The first kappa shape index (κ1) is 24.6. The lowest BCUT2D eigenvalue weighted by molar-refractivity contribution is -0.140. The number of aromatic nitrogens is 1. The van der Waals surface area contributed by atoms with Gasteiger partial charge in [0, 0.05) is 43.0 Å². The van der Waals surface area contributed by atoms with Crippen molar-refractivity contribution in [3.8, 4) is 0 Å². The van der Waals surface area contributed by atoms with Gasteiger partial charge in [0.1, 0.15) is 17.3 Å². The van der Waals surface area contributed by atoms with E-state index < -0.39 is 35.3 Å². The number of nitrogens with zero attached hydrogens (tertiary/aromatic N) is 2. The molecule has 0 bridgehead atoms. The van der Waals surface area contributed by atoms with Crippen molar-refractivity contribution < 1.29 is 33.4 Å². The van der Waals surface area contributed by atoms with Crippen LogP contribution in [0, 0.1) is 19.7 Å². The third-order valence-corrected chi connectivity index (χ3v) is 6.56. The molecule has 2 fully saturated rings. The van der Waals surface area contributed by atoms with E-state index in [0.717, 1.165) is 0 Å². The molecule has 2 N–H and O–H groups in total. The number of carbonyl (C=O) groups is 3. The molecule has 0 unspecified atom stereocenters. The minimum Gasteiger partial charge on any atom is -0.507 e. The van der Waals surface area contributed by atoms with E-state index in [1.807, 2.05) is 0 Å². The maximum absolute atomic E-state index is 15.0. The number of aryl methyl sites for hydroxylation is 1. The summed E-state index contributed by atoms with van der Waals surface area (Å²) >= 11 is 0. The standard InChI is InChI=1S/C25H28FN3O6/c1-14-18(15(2)27-20(14)25(33)34-3)22(30)19-21(16-6-4-5-7-17(16)26)29(24(32)23(19)31)9-8-28-10-12-35-13-11-28/h4-7,21,27,30H,8-13H2,1-3H3/t21-/m1/s1. The van der Waals surface area contributed by atoms with E-state index in [2.05, 4.69) is 9.88 Å². The Labute approximate surface area is 202 Å². The summed E-state index contributed by atoms with van der Waals surface area (Å²) in [5.41, 5.74) is 0.984. The molecule has 0 radical (unpaired) electrons. The number of benzene rings is 1. The van der Waals surface area contributed by atoms with Crippen LogP contribution in [0.25, 0.3) is 5.76 Å². The molecule has 2 aliphatic heterocycles. The van der Waals surface area contributed by atoms with Gasteiger partial charge in [-0.2, -0.15) is 0 Å². The van der Waals surface area contributed by atoms with Crippen LogP contribution in [-0.2, 0) is 19.1 Å². The van der Waals surface area contributed by atoms with Crippen LogP contribution in [0.15, 0.2) is 29.8 Å². The van der Waals surface area contributed by atoms with Crippen molar-refractivity contribution in [1.29, 1.82) is 0 Å². The highest BCUT2D eigenvalue weighted by Gasteiger charge is 2.47. The number of ketones is 1. The van der Waals surface area contributed by atoms with Crippen LogP contribution in [0.2, 0.25) is 0 Å². The smallest absolute Gasteiger partial charge is 0.354 e. The van der Waals surface area contributed by atoms with Crippen molar-refractivity contribution in [2.24, 2.45) is 0 Å². The minimum atomic E-state index is -1.12. The first-order chi connectivity index (χ1) is 16.8. The largest absolute Gasteiger partial charge is 0.507 e. The predicted molar refractivity (Wildman–Crippen MR) is 124 cm³/mol. The molecular formula is C25H28FN3O6. The number of carbonyl (C=O) groups excluding carboxylic acids is 3. The van der Waals surface area contributed by atoms with Gasteiger partial charge in [-0.3, -0.25) is 14.5 Å². The van der Waals surface area contributed by atoms with Crippen molar-refractivity contribution in [3.63, 3.8) is 0 Å². The average Bonchev–Trinajstić information content (AvgIpc) is 3.29. The molecule has 1 amide bonds. The van der Waals surface area contributed by atoms with Crippen molar-refractivity contribution in [2.45, 2.75) is 19.9 Å². The summed E-state index contributed by atoms with van der Waals surface area (Å²) in [6.07, 6.45) is 0. The second-order valence-corrected chi connectivity index (χ2v) is 8.58. The number of amides is 1. The third kappa shape index (κ3) is 4.46. The molecular weight excluding hydrogens is 457 g/mol. The van der Waals surface area contributed by atoms with Gasteiger partial charge in [-0.25, -0.2) is 9.18 Å². The van der Waals surface area contributed by atoms with Crippen LogP contribution < -0.4 is 0 Å². The van der Waals surface area contributed by atoms with Gasteiger partial charge in [0.25, 0.3) is 11.7 Å². The molecule has 1 atom stereocenters. The van der Waals surface area contributed by atoms with Crippen molar-refractivity contribution in [2.75, 3.05) is 46.5 Å². The summed E-state index contributed by atoms with van der Waals surface area (Å²) in [6.45, 7) is 6.38. The SMILES string of the molecule is COC(=O)c1[nH]c(C)c(C(O)=C2C(=O)C(=O)N(CCN3CCOCC3)[C@@H]2c2ccccc2F)c1C. The number of rotatable bonds is 6. The summed E-state index contributed by atoms with van der Waals surface area (Å²) in [6, 6.07) is 4.76. The van der Waals surface area contributed by atoms with Crippen LogP contribution in [-0.4, -0.2) is 84.1 Å².